The quantitative estimate of drug-likeness (QED) is 0.144. The maximum atomic E-state index is 5.50. The molecule has 11 aromatic rings. The maximum absolute atomic E-state index is 5.50. The van der Waals surface area contributed by atoms with Gasteiger partial charge < -0.3 is 4.57 Å². The van der Waals surface area contributed by atoms with Gasteiger partial charge in [-0.2, -0.15) is 0 Å². The van der Waals surface area contributed by atoms with Crippen LogP contribution in [-0.4, -0.2) is 14.5 Å². The second-order valence-electron chi connectivity index (χ2n) is 19.7. The highest BCUT2D eigenvalue weighted by atomic mass is 15.0. The lowest BCUT2D eigenvalue weighted by atomic mass is 9.85. The lowest BCUT2D eigenvalue weighted by Gasteiger charge is -2.23. The van der Waals surface area contributed by atoms with Crippen molar-refractivity contribution in [2.24, 2.45) is 0 Å². The largest absolute Gasteiger partial charge is 0.308 e. The van der Waals surface area contributed by atoms with Gasteiger partial charge in [-0.1, -0.05) is 227 Å². The van der Waals surface area contributed by atoms with Crippen molar-refractivity contribution in [3.63, 3.8) is 0 Å². The van der Waals surface area contributed by atoms with Gasteiger partial charge in [0.05, 0.1) is 28.1 Å². The molecule has 1 atom stereocenters. The molecule has 2 heterocycles. The van der Waals surface area contributed by atoms with Gasteiger partial charge in [0, 0.05) is 38.9 Å². The van der Waals surface area contributed by atoms with Gasteiger partial charge >= 0.3 is 0 Å². The highest BCUT2D eigenvalue weighted by molar-refractivity contribution is 6.13. The minimum atomic E-state index is -0.00903. The van der Waals surface area contributed by atoms with Gasteiger partial charge in [-0.15, -0.1) is 0 Å². The molecule has 2 aromatic heterocycles. The van der Waals surface area contributed by atoms with E-state index in [9.17, 15) is 0 Å². The molecule has 12 rings (SSSR count). The lowest BCUT2D eigenvalue weighted by molar-refractivity contribution is 0.590. The number of rotatable bonds is 9. The molecule has 0 spiro atoms. The number of hydrogen-bond acceptors (Lipinski definition) is 2. The molecule has 0 aliphatic heterocycles. The highest BCUT2D eigenvalue weighted by Gasteiger charge is 2.25. The van der Waals surface area contributed by atoms with Gasteiger partial charge in [0.1, 0.15) is 0 Å². The summed E-state index contributed by atoms with van der Waals surface area (Å²) in [7, 11) is 0. The van der Waals surface area contributed by atoms with E-state index in [1.165, 1.54) is 49.7 Å². The molecule has 1 aliphatic rings. The molecule has 0 saturated heterocycles. The van der Waals surface area contributed by atoms with Crippen LogP contribution in [0.3, 0.4) is 0 Å². The van der Waals surface area contributed by atoms with E-state index in [1.807, 2.05) is 0 Å². The molecule has 0 radical (unpaired) electrons. The molecule has 9 aromatic carbocycles. The molecule has 3 heteroatoms. The fraction of sp³-hybridized carbons (Fsp3) is 0.0882. The van der Waals surface area contributed by atoms with Crippen molar-refractivity contribution in [1.29, 1.82) is 0 Å². The Labute approximate surface area is 416 Å². The van der Waals surface area contributed by atoms with Gasteiger partial charge in [0.15, 0.2) is 5.82 Å². The molecule has 3 nitrogen and oxygen atoms in total. The van der Waals surface area contributed by atoms with Crippen molar-refractivity contribution >= 4 is 21.8 Å². The highest BCUT2D eigenvalue weighted by Crippen LogP contribution is 2.46. The van der Waals surface area contributed by atoms with E-state index in [0.717, 1.165) is 67.9 Å². The second kappa shape index (κ2) is 18.3. The number of allylic oxidation sites excluding steroid dienone is 4. The maximum Gasteiger partial charge on any atom is 0.160 e. The van der Waals surface area contributed by atoms with E-state index >= 15 is 0 Å². The van der Waals surface area contributed by atoms with Crippen LogP contribution in [-0.2, 0) is 5.41 Å². The van der Waals surface area contributed by atoms with Crippen molar-refractivity contribution in [1.82, 2.24) is 14.5 Å². The first-order valence-corrected chi connectivity index (χ1v) is 24.7. The normalized spacial score (nSPS) is 13.5. The molecule has 1 unspecified atom stereocenters. The van der Waals surface area contributed by atoms with Crippen molar-refractivity contribution in [3.05, 3.63) is 260 Å². The van der Waals surface area contributed by atoms with Crippen LogP contribution in [0.4, 0.5) is 0 Å². The van der Waals surface area contributed by atoms with Gasteiger partial charge in [-0.05, 0) is 104 Å². The summed E-state index contributed by atoms with van der Waals surface area (Å²) in [6, 6.07) is 81.7. The van der Waals surface area contributed by atoms with Gasteiger partial charge in [-0.3, -0.25) is 0 Å². The number of nitrogens with zero attached hydrogens (tertiary/aromatic N) is 3. The molecule has 0 saturated carbocycles. The van der Waals surface area contributed by atoms with E-state index in [1.54, 1.807) is 0 Å². The van der Waals surface area contributed by atoms with Crippen molar-refractivity contribution in [2.75, 3.05) is 0 Å². The summed E-state index contributed by atoms with van der Waals surface area (Å²) in [5.41, 5.74) is 20.1. The molecule has 0 N–H and O–H groups in total. The van der Waals surface area contributed by atoms with E-state index in [2.05, 4.69) is 274 Å². The Morgan fingerprint density at radius 2 is 0.859 bits per heavy atom. The van der Waals surface area contributed by atoms with Crippen molar-refractivity contribution in [3.8, 4) is 84.0 Å². The first-order chi connectivity index (χ1) is 34.8. The third-order valence-electron chi connectivity index (χ3n) is 14.1. The van der Waals surface area contributed by atoms with E-state index < -0.39 is 0 Å². The van der Waals surface area contributed by atoms with Crippen LogP contribution in [0.2, 0.25) is 0 Å². The molecular weight excluding hydrogens is 859 g/mol. The van der Waals surface area contributed by atoms with Gasteiger partial charge in [-0.25, -0.2) is 9.97 Å². The van der Waals surface area contributed by atoms with Gasteiger partial charge in [0.25, 0.3) is 0 Å². The van der Waals surface area contributed by atoms with Crippen LogP contribution in [0.5, 0.6) is 0 Å². The average molecular weight is 912 g/mol. The minimum Gasteiger partial charge on any atom is -0.308 e. The summed E-state index contributed by atoms with van der Waals surface area (Å²) >= 11 is 0. The molecule has 340 valence electrons. The smallest absolute Gasteiger partial charge is 0.160 e. The molecule has 0 bridgehead atoms. The summed E-state index contributed by atoms with van der Waals surface area (Å²) in [5, 5.41) is 2.40. The van der Waals surface area contributed by atoms with E-state index in [4.69, 9.17) is 9.97 Å². The van der Waals surface area contributed by atoms with E-state index in [-0.39, 0.29) is 11.3 Å². The third-order valence-corrected chi connectivity index (χ3v) is 14.1. The summed E-state index contributed by atoms with van der Waals surface area (Å²) in [5.74, 6) is 0.826. The van der Waals surface area contributed by atoms with Crippen LogP contribution in [0, 0.1) is 0 Å². The number of hydrogen-bond donors (Lipinski definition) is 0. The monoisotopic (exact) mass is 911 g/mol. The lowest BCUT2D eigenvalue weighted by Crippen LogP contribution is -2.10. The fourth-order valence-corrected chi connectivity index (χ4v) is 10.3. The van der Waals surface area contributed by atoms with Crippen LogP contribution < -0.4 is 0 Å². The Kier molecular flexibility index (Phi) is 11.3. The number of aromatic nitrogens is 3. The fourth-order valence-electron chi connectivity index (χ4n) is 10.3. The summed E-state index contributed by atoms with van der Waals surface area (Å²) in [6.45, 7) is 6.84. The first kappa shape index (κ1) is 43.6. The van der Waals surface area contributed by atoms with Crippen molar-refractivity contribution < 1.29 is 0 Å². The molecule has 1 aliphatic carbocycles. The molecule has 0 amide bonds. The van der Waals surface area contributed by atoms with E-state index in [0.29, 0.717) is 5.82 Å². The molecular formula is C68H53N3. The molecule has 71 heavy (non-hydrogen) atoms. The van der Waals surface area contributed by atoms with Crippen LogP contribution in [0.25, 0.3) is 106 Å². The zero-order chi connectivity index (χ0) is 47.9. The minimum absolute atomic E-state index is 0.00903. The van der Waals surface area contributed by atoms with Crippen LogP contribution in [0.15, 0.2) is 249 Å². The number of benzene rings is 9. The SMILES string of the molecule is CC(C)(C)c1ccc(-c2cc(-c3nc(-c4ccc(-c5ccccc5)cc4)cc(C4C=CC=CC4)n3)cc(-c3ccccc3)c2-n2c3ccc(-c4ccccc4)cc3c3cc(-c4ccccc4)ccc32)cc1. The van der Waals surface area contributed by atoms with Crippen LogP contribution >= 0.6 is 0 Å². The summed E-state index contributed by atoms with van der Waals surface area (Å²) in [4.78, 5) is 11.0. The second-order valence-corrected chi connectivity index (χ2v) is 19.7. The zero-order valence-electron chi connectivity index (χ0n) is 40.3. The Morgan fingerprint density at radius 3 is 1.37 bits per heavy atom. The topological polar surface area (TPSA) is 30.7 Å². The van der Waals surface area contributed by atoms with Crippen molar-refractivity contribution in [2.45, 2.75) is 38.5 Å². The molecule has 0 fully saturated rings. The predicted molar refractivity (Wildman–Crippen MR) is 299 cm³/mol. The summed E-state index contributed by atoms with van der Waals surface area (Å²) < 4.78 is 2.52. The summed E-state index contributed by atoms with van der Waals surface area (Å²) in [6.07, 6.45) is 9.65. The first-order valence-electron chi connectivity index (χ1n) is 24.7. The zero-order valence-corrected chi connectivity index (χ0v) is 40.3. The standard InChI is InChI=1S/C68H53N3/c1-68(2,3)57-37-33-51(34-38-57)59-44-56(67-69-62(52-27-17-8-18-28-52)45-63(70-67)53-31-29-49(30-32-53)46-19-9-4-10-20-46)43-58(50-25-15-7-16-26-50)66(59)71-64-39-35-54(47-21-11-5-12-22-47)41-60(64)61-42-55(36-40-65(61)71)48-23-13-6-14-24-48/h4-27,29-45,52H,28H2,1-3H3. The average Bonchev–Trinajstić information content (AvgIpc) is 3.76. The van der Waals surface area contributed by atoms with Crippen LogP contribution in [0.1, 0.15) is 44.4 Å². The predicted octanol–water partition coefficient (Wildman–Crippen LogP) is 18.1. The number of fused-ring (bicyclic) bond motifs is 3. The third kappa shape index (κ3) is 8.51. The van der Waals surface area contributed by atoms with Gasteiger partial charge in [0.2, 0.25) is 0 Å². The Bertz CT molecular complexity index is 3670. The Hall–Kier alpha value is -8.66. The Morgan fingerprint density at radius 1 is 0.408 bits per heavy atom. The Balaban J connectivity index is 1.14.